The highest BCUT2D eigenvalue weighted by Crippen LogP contribution is 2.37. The van der Waals surface area contributed by atoms with E-state index in [0.29, 0.717) is 31.5 Å². The summed E-state index contributed by atoms with van der Waals surface area (Å²) in [4.78, 5) is 27.0. The Bertz CT molecular complexity index is 907. The lowest BCUT2D eigenvalue weighted by molar-refractivity contribution is -0.145. The van der Waals surface area contributed by atoms with Gasteiger partial charge >= 0.3 is 0 Å². The van der Waals surface area contributed by atoms with Gasteiger partial charge in [0.05, 0.1) is 5.41 Å². The van der Waals surface area contributed by atoms with Crippen LogP contribution in [0.4, 0.5) is 4.39 Å². The minimum absolute atomic E-state index is 0.124. The van der Waals surface area contributed by atoms with Gasteiger partial charge in [0.15, 0.2) is 0 Å². The van der Waals surface area contributed by atoms with Crippen molar-refractivity contribution in [1.29, 1.82) is 0 Å². The molecule has 0 radical (unpaired) electrons. The molecule has 152 valence electrons. The minimum Gasteiger partial charge on any atom is -0.369 e. The molecule has 0 aromatic heterocycles. The van der Waals surface area contributed by atoms with Gasteiger partial charge in [0.25, 0.3) is 0 Å². The van der Waals surface area contributed by atoms with Gasteiger partial charge in [-0.2, -0.15) is 0 Å². The Kier molecular flexibility index (Phi) is 5.39. The van der Waals surface area contributed by atoms with Crippen LogP contribution >= 0.6 is 0 Å². The second-order valence-corrected chi connectivity index (χ2v) is 8.49. The van der Waals surface area contributed by atoms with Gasteiger partial charge in [0.2, 0.25) is 11.8 Å². The number of piperidine rings is 1. The average molecular weight is 394 g/mol. The zero-order valence-corrected chi connectivity index (χ0v) is 16.6. The van der Waals surface area contributed by atoms with Gasteiger partial charge in [-0.3, -0.25) is 9.59 Å². The molecule has 29 heavy (non-hydrogen) atoms. The summed E-state index contributed by atoms with van der Waals surface area (Å²) in [5, 5.41) is 0. The third-order valence-electron chi connectivity index (χ3n) is 6.55. The van der Waals surface area contributed by atoms with Crippen LogP contribution < -0.4 is 5.73 Å². The van der Waals surface area contributed by atoms with Crippen molar-refractivity contribution in [3.05, 3.63) is 59.9 Å². The van der Waals surface area contributed by atoms with Crippen molar-refractivity contribution in [3.8, 4) is 11.1 Å². The van der Waals surface area contributed by atoms with Crippen LogP contribution in [0.15, 0.2) is 48.5 Å². The normalized spacial score (nSPS) is 22.2. The molecule has 2 aromatic rings. The predicted molar refractivity (Wildman–Crippen MR) is 110 cm³/mol. The molecule has 0 spiro atoms. The van der Waals surface area contributed by atoms with Gasteiger partial charge in [-0.1, -0.05) is 48.9 Å². The molecule has 1 heterocycles. The van der Waals surface area contributed by atoms with E-state index < -0.39 is 5.41 Å². The fraction of sp³-hybridized carbons (Fsp3) is 0.417. The van der Waals surface area contributed by atoms with E-state index >= 15 is 0 Å². The summed E-state index contributed by atoms with van der Waals surface area (Å²) >= 11 is 0. The quantitative estimate of drug-likeness (QED) is 0.835. The summed E-state index contributed by atoms with van der Waals surface area (Å²) in [6, 6.07) is 14.3. The maximum atomic E-state index is 14.0. The number of hydrogen-bond acceptors (Lipinski definition) is 2. The molecule has 1 unspecified atom stereocenters. The van der Waals surface area contributed by atoms with E-state index in [2.05, 4.69) is 0 Å². The van der Waals surface area contributed by atoms with Crippen molar-refractivity contribution in [2.24, 2.45) is 17.1 Å². The largest absolute Gasteiger partial charge is 0.369 e. The van der Waals surface area contributed by atoms with Crippen molar-refractivity contribution in [1.82, 2.24) is 4.90 Å². The first-order valence-corrected chi connectivity index (χ1v) is 10.4. The molecule has 2 N–H and O–H groups in total. The number of carbonyl (C=O) groups excluding carboxylic acids is 2. The molecule has 2 aromatic carbocycles. The summed E-state index contributed by atoms with van der Waals surface area (Å²) < 4.78 is 14.0. The van der Waals surface area contributed by atoms with Crippen molar-refractivity contribution < 1.29 is 14.0 Å². The van der Waals surface area contributed by atoms with Crippen molar-refractivity contribution >= 4 is 11.8 Å². The van der Waals surface area contributed by atoms with Gasteiger partial charge in [-0.25, -0.2) is 4.39 Å². The Balaban J connectivity index is 1.53. The third kappa shape index (κ3) is 3.91. The molecule has 1 saturated heterocycles. The third-order valence-corrected chi connectivity index (χ3v) is 6.55. The highest BCUT2D eigenvalue weighted by atomic mass is 19.1. The molecule has 2 amide bonds. The van der Waals surface area contributed by atoms with Gasteiger partial charge in [0.1, 0.15) is 5.82 Å². The molecule has 4 nitrogen and oxygen atoms in total. The first-order chi connectivity index (χ1) is 14.0. The van der Waals surface area contributed by atoms with Crippen LogP contribution in [0.3, 0.4) is 0 Å². The maximum Gasteiger partial charge on any atom is 0.225 e. The molecular weight excluding hydrogens is 367 g/mol. The van der Waals surface area contributed by atoms with E-state index in [1.807, 2.05) is 35.2 Å². The van der Waals surface area contributed by atoms with Crippen molar-refractivity contribution in [2.75, 3.05) is 13.1 Å². The number of benzene rings is 2. The number of likely N-dealkylation sites (tertiary alicyclic amines) is 1. The summed E-state index contributed by atoms with van der Waals surface area (Å²) in [5.74, 6) is -0.303. The molecule has 1 atom stereocenters. The lowest BCUT2D eigenvalue weighted by Gasteiger charge is -2.43. The first-order valence-electron chi connectivity index (χ1n) is 10.4. The Labute approximate surface area is 170 Å². The molecule has 2 fully saturated rings. The van der Waals surface area contributed by atoms with E-state index in [-0.39, 0.29) is 23.5 Å². The zero-order valence-electron chi connectivity index (χ0n) is 16.6. The summed E-state index contributed by atoms with van der Waals surface area (Å²) in [6.07, 6.45) is 4.99. The van der Waals surface area contributed by atoms with Crippen LogP contribution in [0.2, 0.25) is 0 Å². The Morgan fingerprint density at radius 2 is 1.79 bits per heavy atom. The topological polar surface area (TPSA) is 63.4 Å². The highest BCUT2D eigenvalue weighted by molar-refractivity contribution is 5.84. The van der Waals surface area contributed by atoms with Crippen LogP contribution in [0.25, 0.3) is 11.1 Å². The summed E-state index contributed by atoms with van der Waals surface area (Å²) in [5.41, 5.74) is 7.44. The lowest BCUT2D eigenvalue weighted by atomic mass is 9.73. The van der Waals surface area contributed by atoms with E-state index in [1.54, 1.807) is 12.1 Å². The predicted octanol–water partition coefficient (Wildman–Crippen LogP) is 3.93. The SMILES string of the molecule is NC(=O)C1(Cc2ccc(-c3ccccc3F)cc2)CCCN(C(=O)C2CCC2)C1. The summed E-state index contributed by atoms with van der Waals surface area (Å²) in [7, 11) is 0. The zero-order chi connectivity index (χ0) is 20.4. The monoisotopic (exact) mass is 394 g/mol. The second kappa shape index (κ2) is 7.97. The number of nitrogens with zero attached hydrogens (tertiary/aromatic N) is 1. The second-order valence-electron chi connectivity index (χ2n) is 8.49. The van der Waals surface area contributed by atoms with Crippen LogP contribution in [-0.2, 0) is 16.0 Å². The maximum absolute atomic E-state index is 14.0. The molecule has 2 aliphatic rings. The number of amides is 2. The van der Waals surface area contributed by atoms with Crippen LogP contribution in [-0.4, -0.2) is 29.8 Å². The molecule has 1 saturated carbocycles. The molecule has 4 rings (SSSR count). The van der Waals surface area contributed by atoms with Gasteiger partial charge in [-0.05, 0) is 49.3 Å². The van der Waals surface area contributed by atoms with Crippen LogP contribution in [0.5, 0.6) is 0 Å². The molecule has 0 bridgehead atoms. The smallest absolute Gasteiger partial charge is 0.225 e. The fourth-order valence-corrected chi connectivity index (χ4v) is 4.55. The number of nitrogens with two attached hydrogens (primary N) is 1. The van der Waals surface area contributed by atoms with E-state index in [0.717, 1.165) is 36.8 Å². The average Bonchev–Trinajstić information content (AvgIpc) is 2.68. The number of halogens is 1. The fourth-order valence-electron chi connectivity index (χ4n) is 4.55. The van der Waals surface area contributed by atoms with Gasteiger partial charge in [0, 0.05) is 24.6 Å². The highest BCUT2D eigenvalue weighted by Gasteiger charge is 2.43. The molecule has 5 heteroatoms. The molecular formula is C24H27FN2O2. The Morgan fingerprint density at radius 3 is 2.41 bits per heavy atom. The Morgan fingerprint density at radius 1 is 1.07 bits per heavy atom. The van der Waals surface area contributed by atoms with E-state index in [1.165, 1.54) is 6.07 Å². The van der Waals surface area contributed by atoms with Gasteiger partial charge in [-0.15, -0.1) is 0 Å². The number of carbonyl (C=O) groups is 2. The molecule has 1 aliphatic carbocycles. The van der Waals surface area contributed by atoms with Crippen molar-refractivity contribution in [3.63, 3.8) is 0 Å². The minimum atomic E-state index is -0.739. The molecule has 1 aliphatic heterocycles. The van der Waals surface area contributed by atoms with Crippen LogP contribution in [0.1, 0.15) is 37.7 Å². The number of primary amides is 1. The first kappa shape index (κ1) is 19.6. The summed E-state index contributed by atoms with van der Waals surface area (Å²) in [6.45, 7) is 1.10. The Hall–Kier alpha value is -2.69. The number of rotatable bonds is 5. The van der Waals surface area contributed by atoms with Gasteiger partial charge < -0.3 is 10.6 Å². The van der Waals surface area contributed by atoms with Crippen molar-refractivity contribution in [2.45, 2.75) is 38.5 Å². The standard InChI is InChI=1S/C24H27FN2O2/c25-21-8-2-1-7-20(21)18-11-9-17(10-12-18)15-24(23(26)29)13-4-14-27(16-24)22(28)19-5-3-6-19/h1-2,7-12,19H,3-6,13-16H2,(H2,26,29). The van der Waals surface area contributed by atoms with E-state index in [4.69, 9.17) is 5.73 Å². The van der Waals surface area contributed by atoms with Crippen LogP contribution in [0, 0.1) is 17.2 Å². The van der Waals surface area contributed by atoms with E-state index in [9.17, 15) is 14.0 Å². The lowest BCUT2D eigenvalue weighted by Crippen LogP contribution is -2.54. The number of hydrogen-bond donors (Lipinski definition) is 1.